The van der Waals surface area contributed by atoms with Gasteiger partial charge >= 0.3 is 5.97 Å². The van der Waals surface area contributed by atoms with Crippen molar-refractivity contribution < 1.29 is 18.7 Å². The minimum Gasteiger partial charge on any atom is -0.465 e. The summed E-state index contributed by atoms with van der Waals surface area (Å²) in [5.74, 6) is -1.34. The Balaban J connectivity index is 2.71. The molecule has 6 heteroatoms. The number of methoxy groups -OCH3 is 1. The number of esters is 1. The molecule has 1 aromatic rings. The Morgan fingerprint density at radius 1 is 1.33 bits per heavy atom. The average Bonchev–Trinajstić information content (AvgIpc) is 2.45. The molecule has 0 radical (unpaired) electrons. The maximum atomic E-state index is 13.6. The van der Waals surface area contributed by atoms with Crippen LogP contribution in [-0.2, 0) is 9.53 Å². The highest BCUT2D eigenvalue weighted by molar-refractivity contribution is 5.90. The third-order valence-electron chi connectivity index (χ3n) is 3.19. The minimum absolute atomic E-state index is 0.0784. The van der Waals surface area contributed by atoms with Gasteiger partial charge in [0.1, 0.15) is 5.82 Å². The Hall–Kier alpha value is -2.11. The fourth-order valence-electron chi connectivity index (χ4n) is 1.59. The lowest BCUT2D eigenvalue weighted by Crippen LogP contribution is -2.45. The molecule has 1 amide bonds. The van der Waals surface area contributed by atoms with Gasteiger partial charge in [0, 0.05) is 5.54 Å². The molecule has 1 rings (SSSR count). The van der Waals surface area contributed by atoms with E-state index in [4.69, 9.17) is 0 Å². The first-order valence-electron chi connectivity index (χ1n) is 6.72. The maximum absolute atomic E-state index is 13.6. The average molecular weight is 296 g/mol. The van der Waals surface area contributed by atoms with E-state index in [0.29, 0.717) is 0 Å². The monoisotopic (exact) mass is 296 g/mol. The van der Waals surface area contributed by atoms with E-state index in [1.807, 2.05) is 20.8 Å². The van der Waals surface area contributed by atoms with Gasteiger partial charge in [-0.1, -0.05) is 6.92 Å². The highest BCUT2D eigenvalue weighted by Gasteiger charge is 2.18. The minimum atomic E-state index is -0.561. The molecular formula is C15H21FN2O3. The van der Waals surface area contributed by atoms with Crippen molar-refractivity contribution in [3.63, 3.8) is 0 Å². The molecule has 2 N–H and O–H groups in total. The number of hydrogen-bond donors (Lipinski definition) is 2. The summed E-state index contributed by atoms with van der Waals surface area (Å²) in [4.78, 5) is 23.2. The lowest BCUT2D eigenvalue weighted by Gasteiger charge is -2.24. The van der Waals surface area contributed by atoms with Gasteiger partial charge in [-0.3, -0.25) is 4.79 Å². The molecule has 1 aromatic carbocycles. The largest absolute Gasteiger partial charge is 0.465 e. The van der Waals surface area contributed by atoms with Crippen LogP contribution >= 0.6 is 0 Å². The molecule has 0 saturated carbocycles. The first kappa shape index (κ1) is 16.9. The van der Waals surface area contributed by atoms with Crippen LogP contribution in [0.25, 0.3) is 0 Å². The van der Waals surface area contributed by atoms with E-state index in [2.05, 4.69) is 15.4 Å². The van der Waals surface area contributed by atoms with Gasteiger partial charge < -0.3 is 15.4 Å². The number of ether oxygens (including phenoxy) is 1. The van der Waals surface area contributed by atoms with Gasteiger partial charge in [-0.25, -0.2) is 9.18 Å². The first-order valence-corrected chi connectivity index (χ1v) is 6.72. The van der Waals surface area contributed by atoms with Crippen molar-refractivity contribution in [1.82, 2.24) is 5.32 Å². The summed E-state index contributed by atoms with van der Waals surface area (Å²) in [6.45, 7) is 5.70. The number of carbonyl (C=O) groups is 2. The molecule has 0 unspecified atom stereocenters. The summed E-state index contributed by atoms with van der Waals surface area (Å²) in [7, 11) is 1.25. The zero-order valence-electron chi connectivity index (χ0n) is 12.7. The van der Waals surface area contributed by atoms with Gasteiger partial charge in [-0.05, 0) is 38.5 Å². The summed E-state index contributed by atoms with van der Waals surface area (Å²) in [5, 5.41) is 5.51. The van der Waals surface area contributed by atoms with Crippen molar-refractivity contribution in [1.29, 1.82) is 0 Å². The van der Waals surface area contributed by atoms with E-state index < -0.39 is 11.8 Å². The molecular weight excluding hydrogens is 275 g/mol. The van der Waals surface area contributed by atoms with Gasteiger partial charge in [-0.15, -0.1) is 0 Å². The van der Waals surface area contributed by atoms with Gasteiger partial charge in [0.2, 0.25) is 5.91 Å². The predicted molar refractivity (Wildman–Crippen MR) is 78.7 cm³/mol. The fourth-order valence-corrected chi connectivity index (χ4v) is 1.59. The highest BCUT2D eigenvalue weighted by atomic mass is 19.1. The van der Waals surface area contributed by atoms with E-state index in [1.165, 1.54) is 19.2 Å². The number of benzene rings is 1. The molecule has 0 saturated heterocycles. The first-order chi connectivity index (χ1) is 9.79. The van der Waals surface area contributed by atoms with E-state index >= 15 is 0 Å². The predicted octanol–water partition coefficient (Wildman–Crippen LogP) is 2.33. The van der Waals surface area contributed by atoms with Gasteiger partial charge in [0.05, 0.1) is 24.9 Å². The van der Waals surface area contributed by atoms with Gasteiger partial charge in [-0.2, -0.15) is 0 Å². The molecule has 0 aliphatic heterocycles. The van der Waals surface area contributed by atoms with Crippen LogP contribution in [0, 0.1) is 5.82 Å². The van der Waals surface area contributed by atoms with E-state index in [9.17, 15) is 14.0 Å². The zero-order valence-corrected chi connectivity index (χ0v) is 12.7. The molecule has 0 heterocycles. The molecule has 0 spiro atoms. The standard InChI is InChI=1S/C15H21FN2O3/c1-5-15(2,3)18-13(19)9-17-12-8-10(14(20)21-4)6-7-11(12)16/h6-8,17H,5,9H2,1-4H3,(H,18,19). The van der Waals surface area contributed by atoms with Crippen molar-refractivity contribution in [2.75, 3.05) is 19.0 Å². The van der Waals surface area contributed by atoms with Crippen LogP contribution in [0.1, 0.15) is 37.6 Å². The Morgan fingerprint density at radius 2 is 2.00 bits per heavy atom. The molecule has 116 valence electrons. The van der Waals surface area contributed by atoms with Crippen molar-refractivity contribution in [3.05, 3.63) is 29.6 Å². The number of rotatable bonds is 6. The molecule has 0 bridgehead atoms. The van der Waals surface area contributed by atoms with Gasteiger partial charge in [0.25, 0.3) is 0 Å². The van der Waals surface area contributed by atoms with Crippen LogP contribution in [0.15, 0.2) is 18.2 Å². The van der Waals surface area contributed by atoms with Gasteiger partial charge in [0.15, 0.2) is 0 Å². The van der Waals surface area contributed by atoms with Crippen LogP contribution < -0.4 is 10.6 Å². The Morgan fingerprint density at radius 3 is 2.57 bits per heavy atom. The summed E-state index contributed by atoms with van der Waals surface area (Å²) in [5.41, 5.74) is -0.0106. The molecule has 5 nitrogen and oxygen atoms in total. The second kappa shape index (κ2) is 7.06. The number of nitrogens with one attached hydrogen (secondary N) is 2. The quantitative estimate of drug-likeness (QED) is 0.791. The second-order valence-electron chi connectivity index (χ2n) is 5.33. The Labute approximate surface area is 123 Å². The van der Waals surface area contributed by atoms with E-state index in [-0.39, 0.29) is 29.2 Å². The number of halogens is 1. The third-order valence-corrected chi connectivity index (χ3v) is 3.19. The number of hydrogen-bond acceptors (Lipinski definition) is 4. The Bertz CT molecular complexity index is 530. The molecule has 0 aromatic heterocycles. The van der Waals surface area contributed by atoms with Crippen molar-refractivity contribution in [2.45, 2.75) is 32.7 Å². The summed E-state index contributed by atoms with van der Waals surface area (Å²) < 4.78 is 18.2. The van der Waals surface area contributed by atoms with Crippen LogP contribution in [0.5, 0.6) is 0 Å². The smallest absolute Gasteiger partial charge is 0.337 e. The zero-order chi connectivity index (χ0) is 16.0. The van der Waals surface area contributed by atoms with E-state index in [0.717, 1.165) is 12.5 Å². The Kier molecular flexibility index (Phi) is 5.69. The van der Waals surface area contributed by atoms with Crippen LogP contribution in [0.4, 0.5) is 10.1 Å². The second-order valence-corrected chi connectivity index (χ2v) is 5.33. The van der Waals surface area contributed by atoms with Crippen molar-refractivity contribution in [2.24, 2.45) is 0 Å². The van der Waals surface area contributed by atoms with Crippen LogP contribution in [-0.4, -0.2) is 31.1 Å². The summed E-state index contributed by atoms with van der Waals surface area (Å²) >= 11 is 0. The summed E-state index contributed by atoms with van der Waals surface area (Å²) in [6, 6.07) is 3.80. The molecule has 0 fully saturated rings. The number of carbonyl (C=O) groups excluding carboxylic acids is 2. The summed E-state index contributed by atoms with van der Waals surface area (Å²) in [6.07, 6.45) is 0.783. The van der Waals surface area contributed by atoms with Crippen LogP contribution in [0.3, 0.4) is 0 Å². The third kappa shape index (κ3) is 5.06. The van der Waals surface area contributed by atoms with Crippen molar-refractivity contribution >= 4 is 17.6 Å². The topological polar surface area (TPSA) is 67.4 Å². The van der Waals surface area contributed by atoms with E-state index in [1.54, 1.807) is 0 Å². The fraction of sp³-hybridized carbons (Fsp3) is 0.467. The number of anilines is 1. The molecule has 21 heavy (non-hydrogen) atoms. The maximum Gasteiger partial charge on any atom is 0.337 e. The SMILES string of the molecule is CCC(C)(C)NC(=O)CNc1cc(C(=O)OC)ccc1F. The highest BCUT2D eigenvalue weighted by Crippen LogP contribution is 2.16. The molecule has 0 aliphatic rings. The molecule has 0 aliphatic carbocycles. The van der Waals surface area contributed by atoms with Crippen molar-refractivity contribution in [3.8, 4) is 0 Å². The lowest BCUT2D eigenvalue weighted by molar-refractivity contribution is -0.121. The normalized spacial score (nSPS) is 10.9. The lowest BCUT2D eigenvalue weighted by atomic mass is 10.0. The van der Waals surface area contributed by atoms with Crippen LogP contribution in [0.2, 0.25) is 0 Å². The number of amides is 1. The molecule has 0 atom stereocenters.